The zero-order chi connectivity index (χ0) is 12.8. The van der Waals surface area contributed by atoms with Gasteiger partial charge in [-0.05, 0) is 34.1 Å². The van der Waals surface area contributed by atoms with Crippen LogP contribution >= 0.6 is 15.9 Å². The van der Waals surface area contributed by atoms with Crippen LogP contribution < -0.4 is 15.8 Å². The quantitative estimate of drug-likeness (QED) is 0.340. The summed E-state index contributed by atoms with van der Waals surface area (Å²) < 4.78 is 5.78. The van der Waals surface area contributed by atoms with Crippen molar-refractivity contribution in [3.8, 4) is 5.75 Å². The zero-order valence-corrected chi connectivity index (χ0v) is 10.7. The normalized spacial score (nSPS) is 11.1. The summed E-state index contributed by atoms with van der Waals surface area (Å²) >= 11 is 3.30. The third-order valence-corrected chi connectivity index (χ3v) is 2.53. The number of nitrogens with two attached hydrogens (primary N) is 1. The van der Waals surface area contributed by atoms with E-state index >= 15 is 0 Å². The van der Waals surface area contributed by atoms with E-state index in [1.54, 1.807) is 25.3 Å². The van der Waals surface area contributed by atoms with E-state index in [4.69, 9.17) is 15.7 Å². The van der Waals surface area contributed by atoms with E-state index in [1.807, 2.05) is 0 Å². The Labute approximate surface area is 107 Å². The second-order valence-corrected chi connectivity index (χ2v) is 4.02. The lowest BCUT2D eigenvalue weighted by Gasteiger charge is -2.07. The number of hydrogen-bond acceptors (Lipinski definition) is 4. The second kappa shape index (κ2) is 6.09. The fourth-order valence-electron chi connectivity index (χ4n) is 1.15. The first-order chi connectivity index (χ1) is 8.06. The Bertz CT molecular complexity index is 448. The van der Waals surface area contributed by atoms with Gasteiger partial charge in [-0.3, -0.25) is 4.79 Å². The maximum absolute atomic E-state index is 11.4. The molecule has 7 heteroatoms. The molecular formula is C10H12BrN3O3. The van der Waals surface area contributed by atoms with E-state index in [-0.39, 0.29) is 18.2 Å². The van der Waals surface area contributed by atoms with Gasteiger partial charge in [-0.15, -0.1) is 0 Å². The number of oxime groups is 1. The van der Waals surface area contributed by atoms with Gasteiger partial charge in [0.15, 0.2) is 0 Å². The van der Waals surface area contributed by atoms with Crippen LogP contribution in [0.2, 0.25) is 0 Å². The maximum atomic E-state index is 11.4. The summed E-state index contributed by atoms with van der Waals surface area (Å²) in [6.45, 7) is 0. The fourth-order valence-corrected chi connectivity index (χ4v) is 1.69. The molecule has 0 aliphatic heterocycles. The van der Waals surface area contributed by atoms with Crippen LogP contribution in [0, 0.1) is 0 Å². The minimum absolute atomic E-state index is 0.143. The predicted octanol–water partition coefficient (Wildman–Crippen LogP) is 1.53. The molecule has 0 saturated carbocycles. The van der Waals surface area contributed by atoms with Gasteiger partial charge >= 0.3 is 0 Å². The minimum Gasteiger partial charge on any atom is -0.496 e. The van der Waals surface area contributed by atoms with Crippen molar-refractivity contribution in [2.75, 3.05) is 12.4 Å². The SMILES string of the molecule is COc1ccc(NC(=O)CC(N)=NO)cc1Br. The number of anilines is 1. The predicted molar refractivity (Wildman–Crippen MR) is 67.3 cm³/mol. The molecule has 4 N–H and O–H groups in total. The van der Waals surface area contributed by atoms with Crippen LogP contribution in [-0.4, -0.2) is 24.1 Å². The van der Waals surface area contributed by atoms with Crippen LogP contribution in [0.15, 0.2) is 27.8 Å². The average Bonchev–Trinajstić information content (AvgIpc) is 2.29. The van der Waals surface area contributed by atoms with Crippen molar-refractivity contribution in [1.29, 1.82) is 0 Å². The monoisotopic (exact) mass is 301 g/mol. The minimum atomic E-state index is -0.364. The van der Waals surface area contributed by atoms with Gasteiger partial charge in [0.1, 0.15) is 11.6 Å². The first-order valence-corrected chi connectivity index (χ1v) is 5.46. The molecule has 6 nitrogen and oxygen atoms in total. The van der Waals surface area contributed by atoms with Crippen LogP contribution in [0.5, 0.6) is 5.75 Å². The summed E-state index contributed by atoms with van der Waals surface area (Å²) in [6, 6.07) is 5.10. The van der Waals surface area contributed by atoms with Crippen molar-refractivity contribution >= 4 is 33.4 Å². The van der Waals surface area contributed by atoms with E-state index < -0.39 is 0 Å². The highest BCUT2D eigenvalue weighted by atomic mass is 79.9. The first kappa shape index (κ1) is 13.3. The van der Waals surface area contributed by atoms with E-state index in [9.17, 15) is 4.79 Å². The Morgan fingerprint density at radius 2 is 2.35 bits per heavy atom. The maximum Gasteiger partial charge on any atom is 0.232 e. The number of carbonyl (C=O) groups excluding carboxylic acids is 1. The van der Waals surface area contributed by atoms with Gasteiger partial charge in [-0.2, -0.15) is 0 Å². The van der Waals surface area contributed by atoms with E-state index in [0.717, 1.165) is 4.47 Å². The number of nitrogens with zero attached hydrogens (tertiary/aromatic N) is 1. The molecule has 0 bridgehead atoms. The number of amidine groups is 1. The average molecular weight is 302 g/mol. The number of methoxy groups -OCH3 is 1. The van der Waals surface area contributed by atoms with E-state index in [1.165, 1.54) is 0 Å². The Balaban J connectivity index is 2.69. The number of nitrogens with one attached hydrogen (secondary N) is 1. The smallest absolute Gasteiger partial charge is 0.232 e. The Hall–Kier alpha value is -1.76. The fraction of sp³-hybridized carbons (Fsp3) is 0.200. The molecule has 17 heavy (non-hydrogen) atoms. The highest BCUT2D eigenvalue weighted by Gasteiger charge is 2.07. The van der Waals surface area contributed by atoms with Crippen LogP contribution in [-0.2, 0) is 4.79 Å². The number of ether oxygens (including phenoxy) is 1. The van der Waals surface area contributed by atoms with Gasteiger partial charge in [0.2, 0.25) is 5.91 Å². The molecule has 0 atom stereocenters. The molecule has 0 unspecified atom stereocenters. The molecule has 92 valence electrons. The van der Waals surface area contributed by atoms with Crippen LogP contribution in [0.3, 0.4) is 0 Å². The molecule has 0 saturated heterocycles. The van der Waals surface area contributed by atoms with Crippen molar-refractivity contribution in [2.24, 2.45) is 10.9 Å². The van der Waals surface area contributed by atoms with Gasteiger partial charge in [0, 0.05) is 5.69 Å². The summed E-state index contributed by atoms with van der Waals surface area (Å²) in [4.78, 5) is 11.4. The highest BCUT2D eigenvalue weighted by molar-refractivity contribution is 9.10. The third-order valence-electron chi connectivity index (χ3n) is 1.91. The van der Waals surface area contributed by atoms with Crippen molar-refractivity contribution in [2.45, 2.75) is 6.42 Å². The molecule has 1 amide bonds. The lowest BCUT2D eigenvalue weighted by atomic mass is 10.3. The molecule has 1 aromatic carbocycles. The Morgan fingerprint density at radius 3 is 2.88 bits per heavy atom. The molecule has 1 aromatic rings. The largest absolute Gasteiger partial charge is 0.496 e. The van der Waals surface area contributed by atoms with Crippen molar-refractivity contribution in [1.82, 2.24) is 0 Å². The summed E-state index contributed by atoms with van der Waals surface area (Å²) in [5.74, 6) is 0.159. The molecule has 0 aliphatic carbocycles. The van der Waals surface area contributed by atoms with Crippen LogP contribution in [0.1, 0.15) is 6.42 Å². The van der Waals surface area contributed by atoms with Gasteiger partial charge in [0.05, 0.1) is 18.0 Å². The van der Waals surface area contributed by atoms with Gasteiger partial charge in [0.25, 0.3) is 0 Å². The van der Waals surface area contributed by atoms with Gasteiger partial charge < -0.3 is 21.0 Å². The van der Waals surface area contributed by atoms with E-state index in [0.29, 0.717) is 11.4 Å². The number of hydrogen-bond donors (Lipinski definition) is 3. The number of carbonyl (C=O) groups is 1. The van der Waals surface area contributed by atoms with Crippen LogP contribution in [0.4, 0.5) is 5.69 Å². The number of amides is 1. The third kappa shape index (κ3) is 3.95. The Morgan fingerprint density at radius 1 is 1.65 bits per heavy atom. The summed E-state index contributed by atoms with van der Waals surface area (Å²) in [6.07, 6.45) is -0.167. The summed E-state index contributed by atoms with van der Waals surface area (Å²) in [7, 11) is 1.55. The second-order valence-electron chi connectivity index (χ2n) is 3.17. The standard InChI is InChI=1S/C10H12BrN3O3/c1-17-8-3-2-6(4-7(8)11)13-10(15)5-9(12)14-16/h2-4,16H,5H2,1H3,(H2,12,14)(H,13,15). The van der Waals surface area contributed by atoms with Crippen molar-refractivity contribution in [3.05, 3.63) is 22.7 Å². The zero-order valence-electron chi connectivity index (χ0n) is 9.11. The number of rotatable bonds is 4. The molecule has 0 aromatic heterocycles. The highest BCUT2D eigenvalue weighted by Crippen LogP contribution is 2.27. The molecule has 1 rings (SSSR count). The number of benzene rings is 1. The first-order valence-electron chi connectivity index (χ1n) is 4.66. The molecule has 0 aliphatic rings. The molecule has 0 radical (unpaired) electrons. The summed E-state index contributed by atoms with van der Waals surface area (Å²) in [5, 5.41) is 13.6. The molecule has 0 heterocycles. The number of halogens is 1. The molecular weight excluding hydrogens is 290 g/mol. The summed E-state index contributed by atoms with van der Waals surface area (Å²) in [5.41, 5.74) is 5.80. The Kier molecular flexibility index (Phi) is 4.77. The lowest BCUT2D eigenvalue weighted by Crippen LogP contribution is -2.21. The lowest BCUT2D eigenvalue weighted by molar-refractivity contribution is -0.115. The molecule has 0 fully saturated rings. The molecule has 0 spiro atoms. The van der Waals surface area contributed by atoms with Crippen LogP contribution in [0.25, 0.3) is 0 Å². The topological polar surface area (TPSA) is 96.9 Å². The van der Waals surface area contributed by atoms with Crippen molar-refractivity contribution in [3.63, 3.8) is 0 Å². The van der Waals surface area contributed by atoms with E-state index in [2.05, 4.69) is 26.4 Å². The van der Waals surface area contributed by atoms with Gasteiger partial charge in [-0.25, -0.2) is 0 Å². The van der Waals surface area contributed by atoms with Crippen molar-refractivity contribution < 1.29 is 14.7 Å². The van der Waals surface area contributed by atoms with Gasteiger partial charge in [-0.1, -0.05) is 5.16 Å².